The number of aromatic amines is 1. The van der Waals surface area contributed by atoms with Gasteiger partial charge in [0.05, 0.1) is 11.2 Å². The average molecular weight is 417 g/mol. The number of aryl methyl sites for hydroxylation is 2. The molecule has 4 rings (SSSR count). The number of hydrogen-bond donors (Lipinski definition) is 2. The van der Waals surface area contributed by atoms with E-state index in [1.54, 1.807) is 0 Å². The van der Waals surface area contributed by atoms with Crippen LogP contribution in [0.2, 0.25) is 0 Å². The fourth-order valence-corrected chi connectivity index (χ4v) is 5.55. The van der Waals surface area contributed by atoms with Gasteiger partial charge in [-0.3, -0.25) is 4.90 Å². The molecule has 1 aliphatic heterocycles. The molecule has 0 radical (unpaired) electrons. The highest BCUT2D eigenvalue weighted by molar-refractivity contribution is 5.42. The monoisotopic (exact) mass is 416 g/mol. The van der Waals surface area contributed by atoms with Gasteiger partial charge in [0.1, 0.15) is 5.82 Å². The van der Waals surface area contributed by atoms with Gasteiger partial charge in [-0.05, 0) is 24.0 Å². The summed E-state index contributed by atoms with van der Waals surface area (Å²) in [5.74, 6) is 1.62. The van der Waals surface area contributed by atoms with Crippen molar-refractivity contribution in [2.45, 2.75) is 45.6 Å². The zero-order valence-electron chi connectivity index (χ0n) is 19.4. The first-order valence-corrected chi connectivity index (χ1v) is 11.7. The molecule has 0 amide bonds. The largest absolute Gasteiger partial charge is 0.346 e. The van der Waals surface area contributed by atoms with Crippen LogP contribution in [0.3, 0.4) is 0 Å². The highest BCUT2D eigenvalue weighted by Gasteiger charge is 2.51. The molecule has 3 aromatic rings. The molecule has 1 saturated heterocycles. The van der Waals surface area contributed by atoms with Gasteiger partial charge in [-0.2, -0.15) is 0 Å². The van der Waals surface area contributed by atoms with Gasteiger partial charge < -0.3 is 10.3 Å². The van der Waals surface area contributed by atoms with E-state index >= 15 is 0 Å². The van der Waals surface area contributed by atoms with Gasteiger partial charge in [-0.1, -0.05) is 81.4 Å². The molecule has 0 bridgehead atoms. The van der Waals surface area contributed by atoms with Crippen molar-refractivity contribution in [3.05, 3.63) is 89.0 Å². The summed E-state index contributed by atoms with van der Waals surface area (Å²) in [7, 11) is 0. The molecule has 1 aromatic heterocycles. The molecule has 2 N–H and O–H groups in total. The molecule has 31 heavy (non-hydrogen) atoms. The van der Waals surface area contributed by atoms with E-state index in [1.807, 2.05) is 0 Å². The Kier molecular flexibility index (Phi) is 6.59. The van der Waals surface area contributed by atoms with Crippen LogP contribution in [0, 0.1) is 12.8 Å². The Morgan fingerprint density at radius 1 is 0.935 bits per heavy atom. The highest BCUT2D eigenvalue weighted by Crippen LogP contribution is 2.51. The van der Waals surface area contributed by atoms with Crippen LogP contribution in [0.15, 0.2) is 60.7 Å². The molecule has 0 saturated carbocycles. The first-order chi connectivity index (χ1) is 15.1. The number of aromatic nitrogens is 2. The summed E-state index contributed by atoms with van der Waals surface area (Å²) >= 11 is 0. The Balaban J connectivity index is 2.04. The van der Waals surface area contributed by atoms with E-state index in [0.29, 0.717) is 5.92 Å². The van der Waals surface area contributed by atoms with Crippen molar-refractivity contribution in [1.82, 2.24) is 20.2 Å². The number of imidazole rings is 1. The second-order valence-corrected chi connectivity index (χ2v) is 8.98. The van der Waals surface area contributed by atoms with Crippen LogP contribution in [-0.4, -0.2) is 41.0 Å². The normalized spacial score (nSPS) is 17.2. The van der Waals surface area contributed by atoms with Crippen molar-refractivity contribution in [3.8, 4) is 0 Å². The number of hydrogen-bond acceptors (Lipinski definition) is 3. The van der Waals surface area contributed by atoms with Crippen LogP contribution in [0.1, 0.15) is 55.0 Å². The topological polar surface area (TPSA) is 44.0 Å². The van der Waals surface area contributed by atoms with Crippen LogP contribution >= 0.6 is 0 Å². The summed E-state index contributed by atoms with van der Waals surface area (Å²) in [6.07, 6.45) is 0.915. The molecule has 164 valence electrons. The fourth-order valence-electron chi connectivity index (χ4n) is 5.55. The summed E-state index contributed by atoms with van der Waals surface area (Å²) in [5, 5.41) is 3.56. The van der Waals surface area contributed by atoms with Gasteiger partial charge >= 0.3 is 0 Å². The minimum Gasteiger partial charge on any atom is -0.346 e. The zero-order valence-corrected chi connectivity index (χ0v) is 19.4. The Morgan fingerprint density at radius 3 is 1.94 bits per heavy atom. The maximum Gasteiger partial charge on any atom is 0.106 e. The highest BCUT2D eigenvalue weighted by atomic mass is 15.3. The van der Waals surface area contributed by atoms with Crippen LogP contribution in [-0.2, 0) is 12.0 Å². The third-order valence-electron chi connectivity index (χ3n) is 6.87. The molecule has 0 spiro atoms. The quantitative estimate of drug-likeness (QED) is 0.578. The maximum atomic E-state index is 5.25. The number of piperazine rings is 1. The zero-order chi connectivity index (χ0) is 21.8. The van der Waals surface area contributed by atoms with E-state index in [4.69, 9.17) is 4.98 Å². The Bertz CT molecular complexity index is 918. The Hall–Kier alpha value is -2.43. The van der Waals surface area contributed by atoms with Crippen molar-refractivity contribution in [2.24, 2.45) is 5.92 Å². The molecule has 1 unspecified atom stereocenters. The standard InChI is InChI=1S/C27H36N4/c1-5-24-29-21(4)26(30-24)27(20(2)3,31-18-16-28-17-19-31)25(22-12-8-6-9-13-22)23-14-10-7-11-15-23/h6-15,20,25,28H,5,16-19H2,1-4H3,(H,29,30). The van der Waals surface area contributed by atoms with Crippen LogP contribution in [0.25, 0.3) is 0 Å². The number of nitrogens with one attached hydrogen (secondary N) is 2. The van der Waals surface area contributed by atoms with Gasteiger partial charge in [0.15, 0.2) is 0 Å². The lowest BCUT2D eigenvalue weighted by atomic mass is 9.65. The Labute approximate surface area is 187 Å². The van der Waals surface area contributed by atoms with Crippen molar-refractivity contribution >= 4 is 0 Å². The lowest BCUT2D eigenvalue weighted by molar-refractivity contribution is 0.0107. The van der Waals surface area contributed by atoms with E-state index < -0.39 is 0 Å². The number of rotatable bonds is 7. The maximum absolute atomic E-state index is 5.25. The summed E-state index contributed by atoms with van der Waals surface area (Å²) in [5.41, 5.74) is 4.85. The summed E-state index contributed by atoms with van der Waals surface area (Å²) in [6, 6.07) is 22.1. The first-order valence-electron chi connectivity index (χ1n) is 11.7. The van der Waals surface area contributed by atoms with Crippen molar-refractivity contribution in [3.63, 3.8) is 0 Å². The van der Waals surface area contributed by atoms with Crippen LogP contribution in [0.4, 0.5) is 0 Å². The molecule has 4 nitrogen and oxygen atoms in total. The number of benzene rings is 2. The van der Waals surface area contributed by atoms with Crippen molar-refractivity contribution < 1.29 is 0 Å². The third-order valence-corrected chi connectivity index (χ3v) is 6.87. The average Bonchev–Trinajstić information content (AvgIpc) is 3.19. The molecule has 1 fully saturated rings. The van der Waals surface area contributed by atoms with E-state index in [2.05, 4.69) is 104 Å². The minimum atomic E-state index is -0.251. The molecule has 4 heteroatoms. The van der Waals surface area contributed by atoms with Crippen LogP contribution < -0.4 is 5.32 Å². The minimum absolute atomic E-state index is 0.180. The van der Waals surface area contributed by atoms with Crippen LogP contribution in [0.5, 0.6) is 0 Å². The Morgan fingerprint density at radius 2 is 1.48 bits per heavy atom. The van der Waals surface area contributed by atoms with Crippen molar-refractivity contribution in [2.75, 3.05) is 26.2 Å². The van der Waals surface area contributed by atoms with Gasteiger partial charge in [0.25, 0.3) is 0 Å². The summed E-state index contributed by atoms with van der Waals surface area (Å²) in [6.45, 7) is 13.2. The van der Waals surface area contributed by atoms with E-state index in [9.17, 15) is 0 Å². The third kappa shape index (κ3) is 3.95. The summed E-state index contributed by atoms with van der Waals surface area (Å²) in [4.78, 5) is 11.6. The van der Waals surface area contributed by atoms with Crippen molar-refractivity contribution in [1.29, 1.82) is 0 Å². The van der Waals surface area contributed by atoms with E-state index in [0.717, 1.165) is 38.4 Å². The van der Waals surface area contributed by atoms with E-state index in [1.165, 1.54) is 22.5 Å². The molecule has 1 atom stereocenters. The molecular formula is C27H36N4. The lowest BCUT2D eigenvalue weighted by Crippen LogP contribution is -2.60. The van der Waals surface area contributed by atoms with Gasteiger partial charge in [-0.25, -0.2) is 4.98 Å². The van der Waals surface area contributed by atoms with Gasteiger partial charge in [-0.15, -0.1) is 0 Å². The summed E-state index contributed by atoms with van der Waals surface area (Å²) < 4.78 is 0. The number of nitrogens with zero attached hydrogens (tertiary/aromatic N) is 2. The molecular weight excluding hydrogens is 380 g/mol. The van der Waals surface area contributed by atoms with Gasteiger partial charge in [0.2, 0.25) is 0 Å². The second kappa shape index (κ2) is 9.37. The number of H-pyrrole nitrogens is 1. The first kappa shape index (κ1) is 21.8. The smallest absolute Gasteiger partial charge is 0.106 e. The second-order valence-electron chi connectivity index (χ2n) is 8.98. The predicted molar refractivity (Wildman–Crippen MR) is 128 cm³/mol. The van der Waals surface area contributed by atoms with E-state index in [-0.39, 0.29) is 11.5 Å². The molecule has 2 aromatic carbocycles. The molecule has 0 aliphatic carbocycles. The van der Waals surface area contributed by atoms with Gasteiger partial charge in [0, 0.05) is 44.2 Å². The fraction of sp³-hybridized carbons (Fsp3) is 0.444. The lowest BCUT2D eigenvalue weighted by Gasteiger charge is -2.53. The molecule has 1 aliphatic rings. The SMILES string of the molecule is CCc1nc(C(C(C)C)(C(c2ccccc2)c2ccccc2)N2CCNCC2)c(C)[nH]1. The molecule has 2 heterocycles. The predicted octanol–water partition coefficient (Wildman–Crippen LogP) is 4.87.